The molecule has 1 heterocycles. The van der Waals surface area contributed by atoms with E-state index in [4.69, 9.17) is 5.26 Å². The van der Waals surface area contributed by atoms with Crippen LogP contribution in [0, 0.1) is 18.3 Å². The Morgan fingerprint density at radius 1 is 1.38 bits per heavy atom. The minimum Gasteiger partial charge on any atom is -0.370 e. The molecule has 0 saturated carbocycles. The summed E-state index contributed by atoms with van der Waals surface area (Å²) in [7, 11) is 0. The van der Waals surface area contributed by atoms with Crippen molar-refractivity contribution in [2.45, 2.75) is 33.2 Å². The average molecular weight is 219 g/mol. The summed E-state index contributed by atoms with van der Waals surface area (Å²) in [5, 5.41) is 15.1. The van der Waals surface area contributed by atoms with E-state index in [1.807, 2.05) is 13.8 Å². The van der Waals surface area contributed by atoms with Crippen molar-refractivity contribution in [3.63, 3.8) is 0 Å². The molecule has 0 atom stereocenters. The van der Waals surface area contributed by atoms with Gasteiger partial charge in [0.05, 0.1) is 6.07 Å². The second-order valence-electron chi connectivity index (χ2n) is 4.08. The second-order valence-corrected chi connectivity index (χ2v) is 4.08. The number of anilines is 2. The molecular formula is C11H17N5. The van der Waals surface area contributed by atoms with Gasteiger partial charge in [-0.3, -0.25) is 0 Å². The van der Waals surface area contributed by atoms with Crippen LogP contribution in [0.15, 0.2) is 6.07 Å². The molecule has 86 valence electrons. The standard InChI is InChI=1S/C11H17N5/c1-5-13-9-6-10(15-8(2)14-9)16-11(3,4)7-12/h6H,5H2,1-4H3,(H2,13,14,15,16). The normalized spacial score (nSPS) is 10.7. The number of nitriles is 1. The summed E-state index contributed by atoms with van der Waals surface area (Å²) < 4.78 is 0. The molecule has 0 spiro atoms. The first-order chi connectivity index (χ1) is 7.46. The monoisotopic (exact) mass is 219 g/mol. The first-order valence-corrected chi connectivity index (χ1v) is 5.26. The van der Waals surface area contributed by atoms with Crippen molar-refractivity contribution < 1.29 is 0 Å². The van der Waals surface area contributed by atoms with Gasteiger partial charge in [0.2, 0.25) is 0 Å². The topological polar surface area (TPSA) is 73.6 Å². The lowest BCUT2D eigenvalue weighted by molar-refractivity contribution is 0.721. The molecule has 1 aromatic heterocycles. The molecule has 0 aliphatic carbocycles. The van der Waals surface area contributed by atoms with Gasteiger partial charge in [-0.15, -0.1) is 0 Å². The van der Waals surface area contributed by atoms with E-state index >= 15 is 0 Å². The fraction of sp³-hybridized carbons (Fsp3) is 0.545. The third-order valence-electron chi connectivity index (χ3n) is 1.92. The van der Waals surface area contributed by atoms with Crippen LogP contribution in [0.3, 0.4) is 0 Å². The van der Waals surface area contributed by atoms with Crippen molar-refractivity contribution in [2.24, 2.45) is 0 Å². The Kier molecular flexibility index (Phi) is 3.67. The van der Waals surface area contributed by atoms with Crippen LogP contribution in [-0.4, -0.2) is 22.1 Å². The summed E-state index contributed by atoms with van der Waals surface area (Å²) in [6.07, 6.45) is 0. The quantitative estimate of drug-likeness (QED) is 0.809. The van der Waals surface area contributed by atoms with E-state index in [1.54, 1.807) is 19.9 Å². The fourth-order valence-electron chi connectivity index (χ4n) is 1.25. The molecule has 16 heavy (non-hydrogen) atoms. The van der Waals surface area contributed by atoms with Gasteiger partial charge in [-0.25, -0.2) is 9.97 Å². The Morgan fingerprint density at radius 2 is 2.00 bits per heavy atom. The van der Waals surface area contributed by atoms with Crippen LogP contribution in [0.4, 0.5) is 11.6 Å². The fourth-order valence-corrected chi connectivity index (χ4v) is 1.25. The molecule has 5 heteroatoms. The summed E-state index contributed by atoms with van der Waals surface area (Å²) in [5.74, 6) is 2.11. The molecule has 0 radical (unpaired) electrons. The zero-order valence-electron chi connectivity index (χ0n) is 10.1. The smallest absolute Gasteiger partial charge is 0.133 e. The van der Waals surface area contributed by atoms with Gasteiger partial charge in [-0.05, 0) is 27.7 Å². The van der Waals surface area contributed by atoms with E-state index in [2.05, 4.69) is 26.7 Å². The molecule has 0 aliphatic rings. The van der Waals surface area contributed by atoms with Gasteiger partial charge in [0.25, 0.3) is 0 Å². The van der Waals surface area contributed by atoms with Crippen molar-refractivity contribution >= 4 is 11.6 Å². The Labute approximate surface area is 95.9 Å². The second kappa shape index (κ2) is 4.79. The molecule has 0 aromatic carbocycles. The molecule has 0 aliphatic heterocycles. The van der Waals surface area contributed by atoms with E-state index in [-0.39, 0.29) is 0 Å². The van der Waals surface area contributed by atoms with Crippen molar-refractivity contribution in [1.29, 1.82) is 5.26 Å². The number of hydrogen-bond donors (Lipinski definition) is 2. The van der Waals surface area contributed by atoms with Crippen LogP contribution >= 0.6 is 0 Å². The molecule has 0 fully saturated rings. The van der Waals surface area contributed by atoms with Gasteiger partial charge in [0.1, 0.15) is 23.0 Å². The van der Waals surface area contributed by atoms with Crippen molar-refractivity contribution in [3.05, 3.63) is 11.9 Å². The predicted octanol–water partition coefficient (Wildman–Crippen LogP) is 1.93. The van der Waals surface area contributed by atoms with E-state index in [9.17, 15) is 0 Å². The number of nitrogens with zero attached hydrogens (tertiary/aromatic N) is 3. The van der Waals surface area contributed by atoms with Crippen LogP contribution in [-0.2, 0) is 0 Å². The summed E-state index contributed by atoms with van der Waals surface area (Å²) in [6.45, 7) is 8.24. The molecule has 0 unspecified atom stereocenters. The van der Waals surface area contributed by atoms with Crippen molar-refractivity contribution in [3.8, 4) is 6.07 Å². The highest BCUT2D eigenvalue weighted by atomic mass is 15.1. The largest absolute Gasteiger partial charge is 0.370 e. The number of aromatic nitrogens is 2. The van der Waals surface area contributed by atoms with E-state index < -0.39 is 5.54 Å². The van der Waals surface area contributed by atoms with Crippen LogP contribution in [0.25, 0.3) is 0 Å². The summed E-state index contributed by atoms with van der Waals surface area (Å²) in [4.78, 5) is 8.47. The van der Waals surface area contributed by atoms with Crippen molar-refractivity contribution in [2.75, 3.05) is 17.2 Å². The maximum absolute atomic E-state index is 8.93. The maximum Gasteiger partial charge on any atom is 0.133 e. The van der Waals surface area contributed by atoms with Crippen LogP contribution in [0.1, 0.15) is 26.6 Å². The van der Waals surface area contributed by atoms with Crippen LogP contribution in [0.5, 0.6) is 0 Å². The predicted molar refractivity (Wildman–Crippen MR) is 64.2 cm³/mol. The Hall–Kier alpha value is -1.83. The molecule has 5 nitrogen and oxygen atoms in total. The van der Waals surface area contributed by atoms with Gasteiger partial charge < -0.3 is 10.6 Å². The summed E-state index contributed by atoms with van der Waals surface area (Å²) >= 11 is 0. The minimum absolute atomic E-state index is 0.635. The Morgan fingerprint density at radius 3 is 2.56 bits per heavy atom. The van der Waals surface area contributed by atoms with E-state index in [0.717, 1.165) is 12.4 Å². The van der Waals surface area contributed by atoms with Gasteiger partial charge in [-0.1, -0.05) is 0 Å². The molecular weight excluding hydrogens is 202 g/mol. The lowest BCUT2D eigenvalue weighted by Gasteiger charge is -2.18. The number of aryl methyl sites for hydroxylation is 1. The maximum atomic E-state index is 8.93. The SMILES string of the molecule is CCNc1cc(NC(C)(C)C#N)nc(C)n1. The highest BCUT2D eigenvalue weighted by Gasteiger charge is 2.16. The van der Waals surface area contributed by atoms with Crippen molar-refractivity contribution in [1.82, 2.24) is 9.97 Å². The molecule has 1 aromatic rings. The first-order valence-electron chi connectivity index (χ1n) is 5.26. The van der Waals surface area contributed by atoms with Gasteiger partial charge >= 0.3 is 0 Å². The minimum atomic E-state index is -0.635. The van der Waals surface area contributed by atoms with E-state index in [1.165, 1.54) is 0 Å². The van der Waals surface area contributed by atoms with Crippen LogP contribution in [0.2, 0.25) is 0 Å². The molecule has 0 amide bonds. The molecule has 1 rings (SSSR count). The molecule has 2 N–H and O–H groups in total. The lowest BCUT2D eigenvalue weighted by Crippen LogP contribution is -2.29. The van der Waals surface area contributed by atoms with Gasteiger partial charge in [-0.2, -0.15) is 5.26 Å². The molecule has 0 saturated heterocycles. The number of rotatable bonds is 4. The zero-order chi connectivity index (χ0) is 12.2. The molecule has 0 bridgehead atoms. The third kappa shape index (κ3) is 3.39. The zero-order valence-corrected chi connectivity index (χ0v) is 10.1. The Bertz CT molecular complexity index is 405. The summed E-state index contributed by atoms with van der Waals surface area (Å²) in [5.41, 5.74) is -0.635. The average Bonchev–Trinajstić information content (AvgIpc) is 2.16. The highest BCUT2D eigenvalue weighted by molar-refractivity contribution is 5.49. The highest BCUT2D eigenvalue weighted by Crippen LogP contribution is 2.15. The van der Waals surface area contributed by atoms with Crippen LogP contribution < -0.4 is 10.6 Å². The van der Waals surface area contributed by atoms with Gasteiger partial charge in [0.15, 0.2) is 0 Å². The number of nitrogens with one attached hydrogen (secondary N) is 2. The van der Waals surface area contributed by atoms with Gasteiger partial charge in [0, 0.05) is 12.6 Å². The third-order valence-corrected chi connectivity index (χ3v) is 1.92. The summed E-state index contributed by atoms with van der Waals surface area (Å²) in [6, 6.07) is 3.97. The van der Waals surface area contributed by atoms with E-state index in [0.29, 0.717) is 11.6 Å². The number of hydrogen-bond acceptors (Lipinski definition) is 5. The first kappa shape index (κ1) is 12.2. The lowest BCUT2D eigenvalue weighted by atomic mass is 10.1. The Balaban J connectivity index is 2.93.